The lowest BCUT2D eigenvalue weighted by atomic mass is 10.7. The van der Waals surface area contributed by atoms with Crippen LogP contribution in [0.4, 0.5) is 0 Å². The fraction of sp³-hybridized carbons (Fsp3) is 0.400. The molecule has 0 spiro atoms. The van der Waals surface area contributed by atoms with Crippen molar-refractivity contribution in [3.8, 4) is 0 Å². The molecule has 0 heterocycles. The van der Waals surface area contributed by atoms with Gasteiger partial charge in [0.15, 0.2) is 6.61 Å². The molecular weight excluding hydrogens is 122 g/mol. The molecule has 0 atom stereocenters. The molecule has 0 fully saturated rings. The van der Waals surface area contributed by atoms with E-state index < -0.39 is 5.97 Å². The van der Waals surface area contributed by atoms with Crippen molar-refractivity contribution < 1.29 is 14.4 Å². The molecule has 0 aliphatic carbocycles. The van der Waals surface area contributed by atoms with Crippen molar-refractivity contribution in [2.24, 2.45) is 0 Å². The summed E-state index contributed by atoms with van der Waals surface area (Å²) in [5.74, 6) is -0.427. The molecule has 0 saturated carbocycles. The van der Waals surface area contributed by atoms with Gasteiger partial charge in [-0.15, -0.1) is 0 Å². The van der Waals surface area contributed by atoms with Crippen LogP contribution in [0.15, 0.2) is 12.8 Å². The summed E-state index contributed by atoms with van der Waals surface area (Å²) in [6.07, 6.45) is 1.32. The summed E-state index contributed by atoms with van der Waals surface area (Å²) < 4.78 is 4.26. The van der Waals surface area contributed by atoms with Crippen molar-refractivity contribution >= 4 is 5.97 Å². The van der Waals surface area contributed by atoms with Gasteiger partial charge in [0.25, 0.3) is 0 Å². The number of ether oxygens (including phenoxy) is 1. The summed E-state index contributed by atoms with van der Waals surface area (Å²) in [6, 6.07) is 0. The van der Waals surface area contributed by atoms with Crippen LogP contribution < -0.4 is 5.48 Å². The number of carbonyl (C=O) groups excluding carboxylic acids is 1. The van der Waals surface area contributed by atoms with Crippen LogP contribution in [-0.4, -0.2) is 19.7 Å². The summed E-state index contributed by atoms with van der Waals surface area (Å²) in [4.78, 5) is 14.8. The van der Waals surface area contributed by atoms with Crippen LogP contribution in [0.1, 0.15) is 0 Å². The van der Waals surface area contributed by atoms with Gasteiger partial charge in [-0.25, -0.2) is 4.79 Å². The zero-order valence-corrected chi connectivity index (χ0v) is 5.22. The van der Waals surface area contributed by atoms with Crippen LogP contribution in [0.2, 0.25) is 0 Å². The average molecular weight is 131 g/mol. The second-order valence-corrected chi connectivity index (χ2v) is 1.19. The van der Waals surface area contributed by atoms with Gasteiger partial charge in [-0.2, -0.15) is 0 Å². The lowest BCUT2D eigenvalue weighted by Crippen LogP contribution is -2.16. The van der Waals surface area contributed by atoms with Gasteiger partial charge >= 0.3 is 5.97 Å². The summed E-state index contributed by atoms with van der Waals surface area (Å²) in [5.41, 5.74) is 2.28. The fourth-order valence-electron chi connectivity index (χ4n) is 0.218. The standard InChI is InChI=1S/C5H9NO3/c1-3-6-9-4-5(7)8-2/h3,6H,1,4H2,2H3. The Morgan fingerprint density at radius 2 is 2.56 bits per heavy atom. The molecule has 1 N–H and O–H groups in total. The summed E-state index contributed by atoms with van der Waals surface area (Å²) in [5, 5.41) is 0. The van der Waals surface area contributed by atoms with Gasteiger partial charge < -0.3 is 4.74 Å². The van der Waals surface area contributed by atoms with E-state index in [1.54, 1.807) is 0 Å². The van der Waals surface area contributed by atoms with Gasteiger partial charge in [0.2, 0.25) is 0 Å². The van der Waals surface area contributed by atoms with Gasteiger partial charge in [-0.3, -0.25) is 10.3 Å². The van der Waals surface area contributed by atoms with Gasteiger partial charge in [0.05, 0.1) is 7.11 Å². The molecule has 0 aliphatic rings. The number of hydrogen-bond donors (Lipinski definition) is 1. The van der Waals surface area contributed by atoms with E-state index in [1.807, 2.05) is 0 Å². The first-order valence-corrected chi connectivity index (χ1v) is 2.36. The molecule has 4 heteroatoms. The summed E-state index contributed by atoms with van der Waals surface area (Å²) >= 11 is 0. The predicted molar refractivity (Wildman–Crippen MR) is 31.3 cm³/mol. The Bertz CT molecular complexity index is 102. The van der Waals surface area contributed by atoms with Gasteiger partial charge in [0.1, 0.15) is 0 Å². The van der Waals surface area contributed by atoms with Crippen LogP contribution in [0.25, 0.3) is 0 Å². The Morgan fingerprint density at radius 1 is 1.89 bits per heavy atom. The second-order valence-electron chi connectivity index (χ2n) is 1.19. The smallest absolute Gasteiger partial charge is 0.334 e. The van der Waals surface area contributed by atoms with E-state index in [1.165, 1.54) is 13.3 Å². The number of methoxy groups -OCH3 is 1. The van der Waals surface area contributed by atoms with E-state index >= 15 is 0 Å². The van der Waals surface area contributed by atoms with Crippen molar-refractivity contribution in [1.29, 1.82) is 0 Å². The molecular formula is C5H9NO3. The zero-order valence-electron chi connectivity index (χ0n) is 5.22. The molecule has 0 aromatic heterocycles. The van der Waals surface area contributed by atoms with E-state index in [2.05, 4.69) is 21.6 Å². The minimum absolute atomic E-state index is 0.109. The number of hydroxylamine groups is 1. The number of nitrogens with one attached hydrogen (secondary N) is 1. The number of hydrogen-bond acceptors (Lipinski definition) is 4. The van der Waals surface area contributed by atoms with Crippen LogP contribution in [0.3, 0.4) is 0 Å². The van der Waals surface area contributed by atoms with E-state index in [9.17, 15) is 4.79 Å². The Labute approximate surface area is 53.4 Å². The van der Waals surface area contributed by atoms with E-state index in [4.69, 9.17) is 0 Å². The third-order valence-electron chi connectivity index (χ3n) is 0.584. The summed E-state index contributed by atoms with van der Waals surface area (Å²) in [7, 11) is 1.29. The number of rotatable bonds is 4. The molecule has 0 saturated heterocycles. The molecule has 0 amide bonds. The monoisotopic (exact) mass is 131 g/mol. The lowest BCUT2D eigenvalue weighted by molar-refractivity contribution is -0.147. The van der Waals surface area contributed by atoms with Crippen molar-refractivity contribution in [3.05, 3.63) is 12.8 Å². The maximum atomic E-state index is 10.3. The summed E-state index contributed by atoms with van der Waals surface area (Å²) in [6.45, 7) is 3.19. The maximum Gasteiger partial charge on any atom is 0.334 e. The highest BCUT2D eigenvalue weighted by molar-refractivity contribution is 5.70. The predicted octanol–water partition coefficient (Wildman–Crippen LogP) is -0.176. The highest BCUT2D eigenvalue weighted by Crippen LogP contribution is 1.72. The molecule has 0 rings (SSSR count). The first-order chi connectivity index (χ1) is 4.31. The Morgan fingerprint density at radius 3 is 3.00 bits per heavy atom. The molecule has 0 aliphatic heterocycles. The first-order valence-electron chi connectivity index (χ1n) is 2.36. The highest BCUT2D eigenvalue weighted by atomic mass is 16.7. The number of carbonyl (C=O) groups is 1. The van der Waals surface area contributed by atoms with Crippen molar-refractivity contribution in [3.63, 3.8) is 0 Å². The molecule has 9 heavy (non-hydrogen) atoms. The van der Waals surface area contributed by atoms with E-state index in [0.717, 1.165) is 0 Å². The topological polar surface area (TPSA) is 47.6 Å². The van der Waals surface area contributed by atoms with Gasteiger partial charge in [-0.1, -0.05) is 6.58 Å². The molecule has 52 valence electrons. The third-order valence-corrected chi connectivity index (χ3v) is 0.584. The molecule has 4 nitrogen and oxygen atoms in total. The third kappa shape index (κ3) is 4.83. The van der Waals surface area contributed by atoms with Crippen molar-refractivity contribution in [1.82, 2.24) is 5.48 Å². The van der Waals surface area contributed by atoms with Crippen molar-refractivity contribution in [2.75, 3.05) is 13.7 Å². The Balaban J connectivity index is 3.06. The largest absolute Gasteiger partial charge is 0.467 e. The highest BCUT2D eigenvalue weighted by Gasteiger charge is 1.96. The Kier molecular flexibility index (Phi) is 4.53. The van der Waals surface area contributed by atoms with Crippen LogP contribution in [0.5, 0.6) is 0 Å². The quantitative estimate of drug-likeness (QED) is 0.327. The SMILES string of the molecule is C=CNOCC(=O)OC. The van der Waals surface area contributed by atoms with Crippen molar-refractivity contribution in [2.45, 2.75) is 0 Å². The normalized spacial score (nSPS) is 8.11. The second kappa shape index (κ2) is 5.11. The average Bonchev–Trinajstić information content (AvgIpc) is 1.89. The maximum absolute atomic E-state index is 10.3. The van der Waals surface area contributed by atoms with E-state index in [-0.39, 0.29) is 6.61 Å². The fourth-order valence-corrected chi connectivity index (χ4v) is 0.218. The zero-order chi connectivity index (χ0) is 7.11. The van der Waals surface area contributed by atoms with Crippen LogP contribution in [0, 0.1) is 0 Å². The van der Waals surface area contributed by atoms with Crippen LogP contribution >= 0.6 is 0 Å². The first kappa shape index (κ1) is 7.97. The molecule has 0 aromatic rings. The molecule has 0 unspecified atom stereocenters. The Hall–Kier alpha value is -1.03. The number of esters is 1. The minimum Gasteiger partial charge on any atom is -0.467 e. The van der Waals surface area contributed by atoms with Gasteiger partial charge in [-0.05, 0) is 0 Å². The van der Waals surface area contributed by atoms with Gasteiger partial charge in [0, 0.05) is 6.20 Å². The molecule has 0 aromatic carbocycles. The molecule has 0 bridgehead atoms. The van der Waals surface area contributed by atoms with E-state index in [0.29, 0.717) is 0 Å². The molecule has 0 radical (unpaired) electrons. The lowest BCUT2D eigenvalue weighted by Gasteiger charge is -1.98. The minimum atomic E-state index is -0.427. The van der Waals surface area contributed by atoms with Crippen LogP contribution in [-0.2, 0) is 14.4 Å².